The number of rotatable bonds is 4. The van der Waals surface area contributed by atoms with Gasteiger partial charge in [-0.2, -0.15) is 0 Å². The van der Waals surface area contributed by atoms with Crippen LogP contribution in [0.5, 0.6) is 0 Å². The molecule has 0 fully saturated rings. The van der Waals surface area contributed by atoms with Crippen LogP contribution in [0.25, 0.3) is 0 Å². The molecule has 5 nitrogen and oxygen atoms in total. The molecule has 3 N–H and O–H groups in total. The van der Waals surface area contributed by atoms with Crippen molar-refractivity contribution in [1.29, 1.82) is 0 Å². The van der Waals surface area contributed by atoms with Crippen molar-refractivity contribution >= 4 is 12.0 Å². The SMILES string of the molecule is C#CC(C)(C)NC(=O)NCc1cccc(C(=O)O)c1. The van der Waals surface area contributed by atoms with E-state index in [1.54, 1.807) is 26.0 Å². The third-order valence-electron chi connectivity index (χ3n) is 2.41. The molecule has 19 heavy (non-hydrogen) atoms. The molecule has 0 radical (unpaired) electrons. The monoisotopic (exact) mass is 260 g/mol. The Bertz CT molecular complexity index is 530. The van der Waals surface area contributed by atoms with Crippen LogP contribution >= 0.6 is 0 Å². The predicted octanol–water partition coefficient (Wildman–Crippen LogP) is 1.60. The Labute approximate surface area is 112 Å². The number of aromatic carboxylic acids is 1. The Morgan fingerprint density at radius 1 is 1.42 bits per heavy atom. The van der Waals surface area contributed by atoms with Gasteiger partial charge in [-0.25, -0.2) is 9.59 Å². The number of carbonyl (C=O) groups excluding carboxylic acids is 1. The molecule has 0 unspecified atom stereocenters. The fourth-order valence-corrected chi connectivity index (χ4v) is 1.36. The van der Waals surface area contributed by atoms with Crippen LogP contribution in [0.15, 0.2) is 24.3 Å². The molecule has 5 heteroatoms. The highest BCUT2D eigenvalue weighted by molar-refractivity contribution is 5.87. The van der Waals surface area contributed by atoms with E-state index in [0.717, 1.165) is 0 Å². The maximum atomic E-state index is 11.6. The average Bonchev–Trinajstić information content (AvgIpc) is 2.36. The molecule has 0 aliphatic carbocycles. The largest absolute Gasteiger partial charge is 0.478 e. The van der Waals surface area contributed by atoms with Gasteiger partial charge in [0, 0.05) is 6.54 Å². The smallest absolute Gasteiger partial charge is 0.335 e. The van der Waals surface area contributed by atoms with E-state index >= 15 is 0 Å². The van der Waals surface area contributed by atoms with Crippen LogP contribution in [-0.4, -0.2) is 22.6 Å². The van der Waals surface area contributed by atoms with Crippen molar-refractivity contribution in [3.8, 4) is 12.3 Å². The van der Waals surface area contributed by atoms with Crippen LogP contribution in [0.4, 0.5) is 4.79 Å². The van der Waals surface area contributed by atoms with Crippen LogP contribution in [0, 0.1) is 12.3 Å². The van der Waals surface area contributed by atoms with Gasteiger partial charge < -0.3 is 15.7 Å². The molecule has 0 heterocycles. The lowest BCUT2D eigenvalue weighted by Gasteiger charge is -2.19. The van der Waals surface area contributed by atoms with E-state index in [4.69, 9.17) is 11.5 Å². The first-order chi connectivity index (χ1) is 8.84. The zero-order chi connectivity index (χ0) is 14.5. The Balaban J connectivity index is 2.58. The third kappa shape index (κ3) is 4.72. The van der Waals surface area contributed by atoms with Gasteiger partial charge in [0.25, 0.3) is 0 Å². The quantitative estimate of drug-likeness (QED) is 0.719. The maximum Gasteiger partial charge on any atom is 0.335 e. The van der Waals surface area contributed by atoms with Crippen molar-refractivity contribution in [2.75, 3.05) is 0 Å². The number of nitrogens with one attached hydrogen (secondary N) is 2. The summed E-state index contributed by atoms with van der Waals surface area (Å²) in [7, 11) is 0. The van der Waals surface area contributed by atoms with Crippen LogP contribution in [0.3, 0.4) is 0 Å². The normalized spacial score (nSPS) is 10.4. The molecule has 1 rings (SSSR count). The third-order valence-corrected chi connectivity index (χ3v) is 2.41. The van der Waals surface area contributed by atoms with E-state index in [9.17, 15) is 9.59 Å². The molecule has 1 aromatic rings. The van der Waals surface area contributed by atoms with Gasteiger partial charge in [0.05, 0.1) is 11.1 Å². The minimum atomic E-state index is -1.00. The average molecular weight is 260 g/mol. The lowest BCUT2D eigenvalue weighted by atomic mass is 10.1. The van der Waals surface area contributed by atoms with Crippen molar-refractivity contribution in [3.05, 3.63) is 35.4 Å². The van der Waals surface area contributed by atoms with Crippen LogP contribution in [0.1, 0.15) is 29.8 Å². The first-order valence-corrected chi connectivity index (χ1v) is 5.70. The van der Waals surface area contributed by atoms with Gasteiger partial charge in [0.2, 0.25) is 0 Å². The Kier molecular flexibility index (Phi) is 4.54. The number of hydrogen-bond acceptors (Lipinski definition) is 2. The number of benzene rings is 1. The van der Waals surface area contributed by atoms with E-state index in [2.05, 4.69) is 16.6 Å². The van der Waals surface area contributed by atoms with Crippen molar-refractivity contribution in [2.45, 2.75) is 25.9 Å². The van der Waals surface area contributed by atoms with Gasteiger partial charge in [-0.3, -0.25) is 0 Å². The fraction of sp³-hybridized carbons (Fsp3) is 0.286. The van der Waals surface area contributed by atoms with Crippen LogP contribution in [-0.2, 0) is 6.54 Å². The zero-order valence-electron chi connectivity index (χ0n) is 10.9. The van der Waals surface area contributed by atoms with E-state index in [-0.39, 0.29) is 12.1 Å². The first-order valence-electron chi connectivity index (χ1n) is 5.70. The molecule has 100 valence electrons. The van der Waals surface area contributed by atoms with E-state index in [1.165, 1.54) is 12.1 Å². The summed E-state index contributed by atoms with van der Waals surface area (Å²) in [5, 5.41) is 14.1. The van der Waals surface area contributed by atoms with Crippen LogP contribution in [0.2, 0.25) is 0 Å². The summed E-state index contributed by atoms with van der Waals surface area (Å²) in [6.07, 6.45) is 5.26. The molecular formula is C14H16N2O3. The van der Waals surface area contributed by atoms with Gasteiger partial charge in [-0.1, -0.05) is 18.1 Å². The minimum Gasteiger partial charge on any atom is -0.478 e. The molecule has 0 spiro atoms. The Hall–Kier alpha value is -2.48. The highest BCUT2D eigenvalue weighted by Crippen LogP contribution is 2.05. The topological polar surface area (TPSA) is 78.4 Å². The Morgan fingerprint density at radius 3 is 2.68 bits per heavy atom. The van der Waals surface area contributed by atoms with Crippen molar-refractivity contribution < 1.29 is 14.7 Å². The van der Waals surface area contributed by atoms with Crippen molar-refractivity contribution in [2.24, 2.45) is 0 Å². The highest BCUT2D eigenvalue weighted by atomic mass is 16.4. The number of carbonyl (C=O) groups is 2. The second-order valence-electron chi connectivity index (χ2n) is 4.58. The molecule has 0 atom stereocenters. The standard InChI is InChI=1S/C14H16N2O3/c1-4-14(2,3)16-13(19)15-9-10-6-5-7-11(8-10)12(17)18/h1,5-8H,9H2,2-3H3,(H,17,18)(H2,15,16,19). The second-order valence-corrected chi connectivity index (χ2v) is 4.58. The van der Waals surface area contributed by atoms with E-state index in [1.807, 2.05) is 0 Å². The van der Waals surface area contributed by atoms with Gasteiger partial charge in [0.1, 0.15) is 0 Å². The van der Waals surface area contributed by atoms with E-state index < -0.39 is 17.5 Å². The summed E-state index contributed by atoms with van der Waals surface area (Å²) in [6, 6.07) is 5.97. The summed E-state index contributed by atoms with van der Waals surface area (Å²) in [5.74, 6) is 1.44. The molecule has 0 saturated carbocycles. The molecule has 0 bridgehead atoms. The number of carboxylic acid groups (broad SMARTS) is 1. The van der Waals surface area contributed by atoms with Gasteiger partial charge >= 0.3 is 12.0 Å². The molecule has 0 saturated heterocycles. The number of urea groups is 1. The van der Waals surface area contributed by atoms with E-state index in [0.29, 0.717) is 5.56 Å². The summed E-state index contributed by atoms with van der Waals surface area (Å²) in [6.45, 7) is 3.64. The molecule has 0 aliphatic rings. The minimum absolute atomic E-state index is 0.184. The van der Waals surface area contributed by atoms with Gasteiger partial charge in [-0.15, -0.1) is 6.42 Å². The zero-order valence-corrected chi connectivity index (χ0v) is 10.9. The first kappa shape index (κ1) is 14.6. The number of hydrogen-bond donors (Lipinski definition) is 3. The number of terminal acetylenes is 1. The maximum absolute atomic E-state index is 11.6. The summed E-state index contributed by atoms with van der Waals surface area (Å²) in [5.41, 5.74) is 0.157. The molecule has 0 aromatic heterocycles. The lowest BCUT2D eigenvalue weighted by Crippen LogP contribution is -2.47. The molecule has 2 amide bonds. The van der Waals surface area contributed by atoms with Gasteiger partial charge in [-0.05, 0) is 31.5 Å². The fourth-order valence-electron chi connectivity index (χ4n) is 1.36. The summed E-state index contributed by atoms with van der Waals surface area (Å²) < 4.78 is 0. The highest BCUT2D eigenvalue weighted by Gasteiger charge is 2.16. The van der Waals surface area contributed by atoms with Gasteiger partial charge in [0.15, 0.2) is 0 Å². The lowest BCUT2D eigenvalue weighted by molar-refractivity contribution is 0.0696. The number of amides is 2. The second kappa shape index (κ2) is 5.91. The number of carboxylic acids is 1. The molecule has 1 aromatic carbocycles. The van der Waals surface area contributed by atoms with Crippen LogP contribution < -0.4 is 10.6 Å². The summed E-state index contributed by atoms with van der Waals surface area (Å²) >= 11 is 0. The van der Waals surface area contributed by atoms with Crippen molar-refractivity contribution in [3.63, 3.8) is 0 Å². The Morgan fingerprint density at radius 2 is 2.11 bits per heavy atom. The molecule has 0 aliphatic heterocycles. The summed E-state index contributed by atoms with van der Waals surface area (Å²) in [4.78, 5) is 22.4. The molecular weight excluding hydrogens is 244 g/mol. The van der Waals surface area contributed by atoms with Crippen molar-refractivity contribution in [1.82, 2.24) is 10.6 Å². The predicted molar refractivity (Wildman–Crippen MR) is 71.7 cm³/mol.